The lowest BCUT2D eigenvalue weighted by Crippen LogP contribution is -2.18. The lowest BCUT2D eigenvalue weighted by molar-refractivity contribution is -0.137. The van der Waals surface area contributed by atoms with Gasteiger partial charge < -0.3 is 0 Å². The summed E-state index contributed by atoms with van der Waals surface area (Å²) in [7, 11) is -3.95. The molecule has 2 aromatic carbocycles. The first-order chi connectivity index (χ1) is 14.9. The number of nitrogens with one attached hydrogen (secondary N) is 1. The topological polar surface area (TPSA) is 100 Å². The van der Waals surface area contributed by atoms with Crippen LogP contribution in [0.5, 0.6) is 0 Å². The number of rotatable bonds is 5. The van der Waals surface area contributed by atoms with Gasteiger partial charge in [0.1, 0.15) is 11.8 Å². The van der Waals surface area contributed by atoms with E-state index in [-0.39, 0.29) is 31.9 Å². The number of hydrogen-bond donors (Lipinski definition) is 1. The van der Waals surface area contributed by atoms with Gasteiger partial charge in [-0.1, -0.05) is 40.9 Å². The largest absolute Gasteiger partial charge is 0.416 e. The van der Waals surface area contributed by atoms with Gasteiger partial charge >= 0.3 is 6.18 Å². The van der Waals surface area contributed by atoms with Crippen molar-refractivity contribution in [2.45, 2.75) is 18.0 Å². The number of sulfonamides is 1. The summed E-state index contributed by atoms with van der Waals surface area (Å²) in [5, 5.41) is 16.2. The fourth-order valence-corrected chi connectivity index (χ4v) is 4.02. The molecule has 32 heavy (non-hydrogen) atoms. The second-order valence-corrected chi connectivity index (χ2v) is 8.92. The molecule has 0 amide bonds. The smallest absolute Gasteiger partial charge is 0.236 e. The number of nitriles is 1. The number of alkyl halides is 3. The Hall–Kier alpha value is -3.07. The third-order valence-electron chi connectivity index (χ3n) is 4.13. The van der Waals surface area contributed by atoms with Gasteiger partial charge in [0.2, 0.25) is 0 Å². The first-order valence-corrected chi connectivity index (χ1v) is 10.8. The Bertz CT molecular complexity index is 1320. The number of benzene rings is 2. The molecule has 0 aliphatic heterocycles. The van der Waals surface area contributed by atoms with Gasteiger partial charge in [0.15, 0.2) is 5.69 Å². The molecule has 166 valence electrons. The van der Waals surface area contributed by atoms with Gasteiger partial charge in [0.05, 0.1) is 32.3 Å². The van der Waals surface area contributed by atoms with Gasteiger partial charge in [0, 0.05) is 6.20 Å². The quantitative estimate of drug-likeness (QED) is 0.404. The molecule has 1 aromatic heterocycles. The average molecular weight is 502 g/mol. The van der Waals surface area contributed by atoms with Crippen molar-refractivity contribution in [3.63, 3.8) is 0 Å². The summed E-state index contributed by atoms with van der Waals surface area (Å²) in [5.41, 5.74) is -0.366. The van der Waals surface area contributed by atoms with Crippen LogP contribution in [0.25, 0.3) is 5.69 Å². The fourth-order valence-electron chi connectivity index (χ4n) is 2.57. The lowest BCUT2D eigenvalue weighted by Gasteiger charge is -2.12. The molecule has 0 fully saturated rings. The molecule has 13 heteroatoms. The summed E-state index contributed by atoms with van der Waals surface area (Å²) in [6.07, 6.45) is -2.40. The number of aryl methyl sites for hydroxylation is 1. The van der Waals surface area contributed by atoms with Gasteiger partial charge in [-0.3, -0.25) is 0 Å². The zero-order chi connectivity index (χ0) is 23.7. The molecule has 0 saturated carbocycles. The van der Waals surface area contributed by atoms with Crippen molar-refractivity contribution < 1.29 is 21.6 Å². The molecule has 0 saturated heterocycles. The SMILES string of the molecule is Cc1ccc(S(=O)(=O)N/N=C/c2cn(-c3c(Cl)cc(C(F)(F)F)cc3Cl)nc2C#N)cc1. The third kappa shape index (κ3) is 5.04. The number of aromatic nitrogens is 2. The molecule has 0 atom stereocenters. The van der Waals surface area contributed by atoms with Gasteiger partial charge in [-0.25, -0.2) is 9.51 Å². The highest BCUT2D eigenvalue weighted by Gasteiger charge is 2.32. The van der Waals surface area contributed by atoms with Crippen molar-refractivity contribution in [2.24, 2.45) is 5.10 Å². The molecule has 0 aliphatic carbocycles. The number of hydrazone groups is 1. The zero-order valence-corrected chi connectivity index (χ0v) is 18.4. The normalized spacial score (nSPS) is 12.2. The standard InChI is InChI=1S/C19H12Cl2F3N5O2S/c1-11-2-4-14(5-3-11)32(30,31)28-26-9-12-10-29(27-17(12)8-25)18-15(20)6-13(7-16(18)21)19(22,23)24/h2-7,9-10,28H,1H3/b26-9+. The summed E-state index contributed by atoms with van der Waals surface area (Å²) >= 11 is 11.9. The van der Waals surface area contributed by atoms with Crippen LogP contribution in [-0.2, 0) is 16.2 Å². The van der Waals surface area contributed by atoms with E-state index < -0.39 is 21.8 Å². The van der Waals surface area contributed by atoms with Crippen molar-refractivity contribution in [2.75, 3.05) is 0 Å². The molecular formula is C19H12Cl2F3N5O2S. The molecule has 0 unspecified atom stereocenters. The van der Waals surface area contributed by atoms with Gasteiger partial charge in [-0.15, -0.1) is 0 Å². The Morgan fingerprint density at radius 2 is 1.78 bits per heavy atom. The molecule has 3 rings (SSSR count). The van der Waals surface area contributed by atoms with E-state index in [2.05, 4.69) is 10.2 Å². The monoisotopic (exact) mass is 501 g/mol. The van der Waals surface area contributed by atoms with Crippen LogP contribution in [0.3, 0.4) is 0 Å². The molecule has 0 radical (unpaired) electrons. The van der Waals surface area contributed by atoms with Crippen molar-refractivity contribution >= 4 is 39.4 Å². The minimum atomic E-state index is -4.65. The Labute approximate surface area is 190 Å². The van der Waals surface area contributed by atoms with Gasteiger partial charge in [-0.2, -0.15) is 37.1 Å². The third-order valence-corrected chi connectivity index (χ3v) is 5.94. The average Bonchev–Trinajstić information content (AvgIpc) is 3.09. The van der Waals surface area contributed by atoms with Gasteiger partial charge in [-0.05, 0) is 31.2 Å². The second-order valence-electron chi connectivity index (χ2n) is 6.44. The summed E-state index contributed by atoms with van der Waals surface area (Å²) in [6.45, 7) is 1.80. The van der Waals surface area contributed by atoms with E-state index in [0.29, 0.717) is 12.1 Å². The van der Waals surface area contributed by atoms with Crippen LogP contribution >= 0.6 is 23.2 Å². The molecule has 7 nitrogen and oxygen atoms in total. The fraction of sp³-hybridized carbons (Fsp3) is 0.105. The predicted octanol–water partition coefficient (Wildman–Crippen LogP) is 4.69. The number of halogens is 5. The highest BCUT2D eigenvalue weighted by Crippen LogP contribution is 2.37. The molecule has 3 aromatic rings. The van der Waals surface area contributed by atoms with Crippen molar-refractivity contribution in [3.8, 4) is 11.8 Å². The first kappa shape index (κ1) is 23.6. The van der Waals surface area contributed by atoms with Crippen molar-refractivity contribution in [3.05, 3.63) is 75.0 Å². The van der Waals surface area contributed by atoms with Crippen molar-refractivity contribution in [1.82, 2.24) is 14.6 Å². The van der Waals surface area contributed by atoms with E-state index in [0.717, 1.165) is 16.5 Å². The zero-order valence-electron chi connectivity index (χ0n) is 16.0. The molecule has 0 aliphatic rings. The van der Waals surface area contributed by atoms with Crippen LogP contribution in [0.1, 0.15) is 22.4 Å². The van der Waals surface area contributed by atoms with E-state index in [1.54, 1.807) is 25.1 Å². The maximum Gasteiger partial charge on any atom is 0.416 e. The number of hydrogen-bond acceptors (Lipinski definition) is 5. The van der Waals surface area contributed by atoms with Crippen LogP contribution in [0.4, 0.5) is 13.2 Å². The van der Waals surface area contributed by atoms with E-state index in [9.17, 15) is 26.9 Å². The van der Waals surface area contributed by atoms with Crippen LogP contribution in [0, 0.1) is 18.3 Å². The molecule has 0 spiro atoms. The van der Waals surface area contributed by atoms with Crippen LogP contribution in [0.15, 0.2) is 52.6 Å². The maximum atomic E-state index is 12.9. The minimum absolute atomic E-state index is 0.0141. The Balaban J connectivity index is 1.91. The summed E-state index contributed by atoms with van der Waals surface area (Å²) < 4.78 is 64.4. The summed E-state index contributed by atoms with van der Waals surface area (Å²) in [6, 6.07) is 9.18. The molecular weight excluding hydrogens is 490 g/mol. The lowest BCUT2D eigenvalue weighted by atomic mass is 10.2. The molecule has 0 bridgehead atoms. The van der Waals surface area contributed by atoms with Crippen LogP contribution in [0.2, 0.25) is 10.0 Å². The Morgan fingerprint density at radius 1 is 1.19 bits per heavy atom. The maximum absolute atomic E-state index is 12.9. The summed E-state index contributed by atoms with van der Waals surface area (Å²) in [4.78, 5) is 1.99. The first-order valence-electron chi connectivity index (χ1n) is 8.60. The second kappa shape index (κ2) is 8.82. The minimum Gasteiger partial charge on any atom is -0.236 e. The molecule has 1 N–H and O–H groups in total. The van der Waals surface area contributed by atoms with E-state index >= 15 is 0 Å². The van der Waals surface area contributed by atoms with Crippen molar-refractivity contribution in [1.29, 1.82) is 5.26 Å². The highest BCUT2D eigenvalue weighted by molar-refractivity contribution is 7.89. The van der Waals surface area contributed by atoms with Crippen LogP contribution in [-0.4, -0.2) is 24.4 Å². The van der Waals surface area contributed by atoms with E-state index in [4.69, 9.17) is 23.2 Å². The predicted molar refractivity (Wildman–Crippen MR) is 112 cm³/mol. The molecule has 1 heterocycles. The highest BCUT2D eigenvalue weighted by atomic mass is 35.5. The van der Waals surface area contributed by atoms with E-state index in [1.165, 1.54) is 18.3 Å². The Morgan fingerprint density at radius 3 is 2.31 bits per heavy atom. The Kier molecular flexibility index (Phi) is 6.50. The van der Waals surface area contributed by atoms with Crippen LogP contribution < -0.4 is 4.83 Å². The summed E-state index contributed by atoms with van der Waals surface area (Å²) in [5.74, 6) is 0. The number of nitrogens with zero attached hydrogens (tertiary/aromatic N) is 4. The van der Waals surface area contributed by atoms with Gasteiger partial charge in [0.25, 0.3) is 10.0 Å². The van der Waals surface area contributed by atoms with E-state index in [1.807, 2.05) is 4.83 Å².